The van der Waals surface area contributed by atoms with Crippen LogP contribution in [0, 0.1) is 5.41 Å². The van der Waals surface area contributed by atoms with E-state index in [9.17, 15) is 0 Å². The van der Waals surface area contributed by atoms with Crippen LogP contribution >= 0.6 is 23.4 Å². The van der Waals surface area contributed by atoms with Crippen molar-refractivity contribution in [3.05, 3.63) is 34.9 Å². The van der Waals surface area contributed by atoms with Gasteiger partial charge in [-0.2, -0.15) is 0 Å². The number of thioether (sulfide) groups is 1. The number of aryl methyl sites for hydroxylation is 1. The number of halogens is 1. The molecule has 0 radical (unpaired) electrons. The predicted molar refractivity (Wildman–Crippen MR) is 61.0 cm³/mol. The average Bonchev–Trinajstić information content (AvgIpc) is 2.14. The molecule has 0 fully saturated rings. The molecular formula is C10H12ClNS. The summed E-state index contributed by atoms with van der Waals surface area (Å²) in [5.41, 5.74) is 1.20. The minimum Gasteiger partial charge on any atom is -0.298 e. The molecule has 0 heterocycles. The zero-order valence-electron chi connectivity index (χ0n) is 7.51. The molecule has 0 spiro atoms. The summed E-state index contributed by atoms with van der Waals surface area (Å²) >= 11 is 7.33. The molecule has 0 amide bonds. The molecule has 3 heteroatoms. The minimum absolute atomic E-state index is 0.722. The second-order valence-electron chi connectivity index (χ2n) is 2.76. The van der Waals surface area contributed by atoms with Gasteiger partial charge in [-0.3, -0.25) is 5.41 Å². The Hall–Kier alpha value is -0.470. The predicted octanol–water partition coefficient (Wildman–Crippen LogP) is 3.61. The highest BCUT2D eigenvalue weighted by molar-refractivity contribution is 8.13. The van der Waals surface area contributed by atoms with Gasteiger partial charge < -0.3 is 0 Å². The summed E-state index contributed by atoms with van der Waals surface area (Å²) in [7, 11) is 0. The molecule has 13 heavy (non-hydrogen) atoms. The van der Waals surface area contributed by atoms with Gasteiger partial charge in [0.25, 0.3) is 0 Å². The minimum atomic E-state index is 0.722. The zero-order chi connectivity index (χ0) is 9.68. The van der Waals surface area contributed by atoms with Crippen LogP contribution in [0.25, 0.3) is 0 Å². The number of hydrogen-bond donors (Lipinski definition) is 1. The molecule has 1 aromatic rings. The summed E-state index contributed by atoms with van der Waals surface area (Å²) in [6, 6.07) is 7.81. The molecule has 0 saturated carbocycles. The maximum Gasteiger partial charge on any atom is 0.0642 e. The average molecular weight is 214 g/mol. The molecule has 1 N–H and O–H groups in total. The fourth-order valence-electron chi connectivity index (χ4n) is 1.05. The van der Waals surface area contributed by atoms with Crippen LogP contribution in [-0.4, -0.2) is 11.3 Å². The SMILES string of the molecule is CSC(=N)CCc1cccc(Cl)c1. The van der Waals surface area contributed by atoms with Crippen molar-refractivity contribution in [1.29, 1.82) is 5.41 Å². The zero-order valence-corrected chi connectivity index (χ0v) is 9.08. The Labute approximate surface area is 88.0 Å². The van der Waals surface area contributed by atoms with E-state index in [-0.39, 0.29) is 0 Å². The highest BCUT2D eigenvalue weighted by Gasteiger charge is 1.97. The Kier molecular flexibility index (Phi) is 4.33. The van der Waals surface area contributed by atoms with E-state index in [1.165, 1.54) is 17.3 Å². The third kappa shape index (κ3) is 3.83. The van der Waals surface area contributed by atoms with Crippen LogP contribution in [-0.2, 0) is 6.42 Å². The molecule has 70 valence electrons. The van der Waals surface area contributed by atoms with E-state index in [2.05, 4.69) is 0 Å². The van der Waals surface area contributed by atoms with Crippen LogP contribution in [0.15, 0.2) is 24.3 Å². The van der Waals surface area contributed by atoms with E-state index < -0.39 is 0 Å². The first-order valence-electron chi connectivity index (χ1n) is 4.08. The molecular weight excluding hydrogens is 202 g/mol. The Bertz CT molecular complexity index is 299. The van der Waals surface area contributed by atoms with E-state index in [1.807, 2.05) is 30.5 Å². The third-order valence-corrected chi connectivity index (χ3v) is 2.71. The topological polar surface area (TPSA) is 23.9 Å². The standard InChI is InChI=1S/C10H12ClNS/c1-13-10(12)6-5-8-3-2-4-9(11)7-8/h2-4,7,12H,5-6H2,1H3. The van der Waals surface area contributed by atoms with Crippen LogP contribution in [0.4, 0.5) is 0 Å². The van der Waals surface area contributed by atoms with Crippen molar-refractivity contribution in [2.24, 2.45) is 0 Å². The fourth-order valence-corrected chi connectivity index (χ4v) is 1.57. The maximum absolute atomic E-state index is 7.47. The van der Waals surface area contributed by atoms with E-state index in [0.29, 0.717) is 0 Å². The van der Waals surface area contributed by atoms with E-state index in [1.54, 1.807) is 0 Å². The van der Waals surface area contributed by atoms with Crippen molar-refractivity contribution in [3.8, 4) is 0 Å². The molecule has 0 aliphatic carbocycles. The summed E-state index contributed by atoms with van der Waals surface area (Å²) in [6.45, 7) is 0. The highest BCUT2D eigenvalue weighted by atomic mass is 35.5. The first kappa shape index (κ1) is 10.6. The molecule has 0 saturated heterocycles. The molecule has 0 bridgehead atoms. The summed E-state index contributed by atoms with van der Waals surface area (Å²) in [4.78, 5) is 0. The van der Waals surface area contributed by atoms with Gasteiger partial charge in [0.1, 0.15) is 0 Å². The van der Waals surface area contributed by atoms with Crippen LogP contribution in [0.2, 0.25) is 5.02 Å². The lowest BCUT2D eigenvalue weighted by molar-refractivity contribution is 1.04. The molecule has 0 aromatic heterocycles. The molecule has 1 aromatic carbocycles. The van der Waals surface area contributed by atoms with Gasteiger partial charge in [0, 0.05) is 5.02 Å². The highest BCUT2D eigenvalue weighted by Crippen LogP contribution is 2.13. The van der Waals surface area contributed by atoms with Crippen molar-refractivity contribution in [3.63, 3.8) is 0 Å². The Morgan fingerprint density at radius 2 is 2.31 bits per heavy atom. The van der Waals surface area contributed by atoms with E-state index in [0.717, 1.165) is 22.9 Å². The second kappa shape index (κ2) is 5.30. The van der Waals surface area contributed by atoms with Crippen molar-refractivity contribution in [1.82, 2.24) is 0 Å². The summed E-state index contributed by atoms with van der Waals surface area (Å²) in [6.07, 6.45) is 3.64. The number of hydrogen-bond acceptors (Lipinski definition) is 2. The smallest absolute Gasteiger partial charge is 0.0642 e. The van der Waals surface area contributed by atoms with Gasteiger partial charge in [0.15, 0.2) is 0 Å². The van der Waals surface area contributed by atoms with Crippen molar-refractivity contribution in [2.75, 3.05) is 6.26 Å². The van der Waals surface area contributed by atoms with Crippen LogP contribution < -0.4 is 0 Å². The number of benzene rings is 1. The lowest BCUT2D eigenvalue weighted by Crippen LogP contribution is -1.92. The van der Waals surface area contributed by atoms with Crippen molar-refractivity contribution in [2.45, 2.75) is 12.8 Å². The molecule has 0 aliphatic heterocycles. The monoisotopic (exact) mass is 213 g/mol. The van der Waals surface area contributed by atoms with Gasteiger partial charge in [-0.1, -0.05) is 23.7 Å². The van der Waals surface area contributed by atoms with Crippen molar-refractivity contribution >= 4 is 28.4 Å². The van der Waals surface area contributed by atoms with Gasteiger partial charge in [-0.05, 0) is 36.8 Å². The molecule has 1 nitrogen and oxygen atoms in total. The van der Waals surface area contributed by atoms with Gasteiger partial charge in [0.2, 0.25) is 0 Å². The van der Waals surface area contributed by atoms with Crippen molar-refractivity contribution < 1.29 is 0 Å². The Morgan fingerprint density at radius 3 is 2.92 bits per heavy atom. The molecule has 0 atom stereocenters. The first-order valence-corrected chi connectivity index (χ1v) is 5.68. The summed E-state index contributed by atoms with van der Waals surface area (Å²) < 4.78 is 0. The largest absolute Gasteiger partial charge is 0.298 e. The first-order chi connectivity index (χ1) is 6.22. The maximum atomic E-state index is 7.47. The third-order valence-electron chi connectivity index (χ3n) is 1.78. The van der Waals surface area contributed by atoms with Gasteiger partial charge in [-0.15, -0.1) is 11.8 Å². The van der Waals surface area contributed by atoms with Gasteiger partial charge >= 0.3 is 0 Å². The summed E-state index contributed by atoms with van der Waals surface area (Å²) in [5, 5.41) is 8.96. The second-order valence-corrected chi connectivity index (χ2v) is 4.09. The number of rotatable bonds is 3. The Balaban J connectivity index is 2.50. The van der Waals surface area contributed by atoms with Gasteiger partial charge in [0.05, 0.1) is 5.04 Å². The fraction of sp³-hybridized carbons (Fsp3) is 0.300. The lowest BCUT2D eigenvalue weighted by Gasteiger charge is -2.01. The van der Waals surface area contributed by atoms with E-state index >= 15 is 0 Å². The lowest BCUT2D eigenvalue weighted by atomic mass is 10.1. The molecule has 1 rings (SSSR count). The Morgan fingerprint density at radius 1 is 1.54 bits per heavy atom. The quantitative estimate of drug-likeness (QED) is 0.602. The van der Waals surface area contributed by atoms with Crippen LogP contribution in [0.1, 0.15) is 12.0 Å². The molecule has 0 unspecified atom stereocenters. The van der Waals surface area contributed by atoms with Gasteiger partial charge in [-0.25, -0.2) is 0 Å². The van der Waals surface area contributed by atoms with Crippen LogP contribution in [0.3, 0.4) is 0 Å². The molecule has 0 aliphatic rings. The summed E-state index contributed by atoms with van der Waals surface area (Å²) in [5.74, 6) is 0. The normalized spacial score (nSPS) is 10.0. The number of nitrogens with one attached hydrogen (secondary N) is 1. The van der Waals surface area contributed by atoms with Crippen LogP contribution in [0.5, 0.6) is 0 Å². The van der Waals surface area contributed by atoms with E-state index in [4.69, 9.17) is 17.0 Å².